The van der Waals surface area contributed by atoms with E-state index in [4.69, 9.17) is 13.8 Å². The van der Waals surface area contributed by atoms with Crippen molar-refractivity contribution >= 4 is 5.91 Å². The van der Waals surface area contributed by atoms with E-state index in [0.717, 1.165) is 18.6 Å². The molecule has 1 N–H and O–H groups in total. The molecule has 0 aromatic carbocycles. The molecule has 1 amide bonds. The fraction of sp³-hybridized carbons (Fsp3) is 0.312. The number of pyridine rings is 1. The summed E-state index contributed by atoms with van der Waals surface area (Å²) in [5, 5.41) is 10.4. The summed E-state index contributed by atoms with van der Waals surface area (Å²) >= 11 is 0. The quantitative estimate of drug-likeness (QED) is 0.690. The molecule has 9 heteroatoms. The summed E-state index contributed by atoms with van der Waals surface area (Å²) in [4.78, 5) is 19.9. The topological polar surface area (TPSA) is 116 Å². The van der Waals surface area contributed by atoms with Crippen molar-refractivity contribution in [2.75, 3.05) is 6.61 Å². The fourth-order valence-corrected chi connectivity index (χ4v) is 2.19. The molecular formula is C16H15N5O4. The van der Waals surface area contributed by atoms with Crippen LogP contribution in [0.2, 0.25) is 0 Å². The molecule has 1 aliphatic rings. The minimum atomic E-state index is -0.305. The Morgan fingerprint density at radius 2 is 2.24 bits per heavy atom. The Kier molecular flexibility index (Phi) is 4.11. The Morgan fingerprint density at radius 1 is 1.32 bits per heavy atom. The van der Waals surface area contributed by atoms with Crippen LogP contribution in [-0.2, 0) is 11.3 Å². The van der Waals surface area contributed by atoms with E-state index in [1.807, 2.05) is 6.07 Å². The maximum absolute atomic E-state index is 11.8. The zero-order valence-electron chi connectivity index (χ0n) is 13.2. The molecule has 0 spiro atoms. The number of ether oxygens (including phenoxy) is 1. The lowest BCUT2D eigenvalue weighted by Gasteiger charge is -2.05. The number of hydrogen-bond donors (Lipinski definition) is 1. The van der Waals surface area contributed by atoms with Gasteiger partial charge in [-0.3, -0.25) is 9.78 Å². The predicted octanol–water partition coefficient (Wildman–Crippen LogP) is 1.69. The lowest BCUT2D eigenvalue weighted by Crippen LogP contribution is -2.28. The molecule has 1 fully saturated rings. The van der Waals surface area contributed by atoms with E-state index in [9.17, 15) is 4.79 Å². The zero-order valence-corrected chi connectivity index (χ0v) is 13.2. The highest BCUT2D eigenvalue weighted by molar-refractivity contribution is 5.77. The van der Waals surface area contributed by atoms with Crippen LogP contribution in [0.5, 0.6) is 5.75 Å². The molecule has 9 nitrogen and oxygen atoms in total. The van der Waals surface area contributed by atoms with E-state index in [1.54, 1.807) is 18.3 Å². The van der Waals surface area contributed by atoms with Crippen LogP contribution in [0.25, 0.3) is 11.5 Å². The highest BCUT2D eigenvalue weighted by atomic mass is 16.5. The molecule has 0 unspecified atom stereocenters. The number of aromatic nitrogens is 4. The van der Waals surface area contributed by atoms with Crippen molar-refractivity contribution in [2.24, 2.45) is 0 Å². The van der Waals surface area contributed by atoms with Crippen molar-refractivity contribution in [3.8, 4) is 17.3 Å². The van der Waals surface area contributed by atoms with Crippen LogP contribution in [0.4, 0.5) is 0 Å². The van der Waals surface area contributed by atoms with Gasteiger partial charge in [-0.05, 0) is 25.0 Å². The van der Waals surface area contributed by atoms with Gasteiger partial charge in [-0.25, -0.2) is 0 Å². The number of hydrogen-bond acceptors (Lipinski definition) is 8. The Hall–Kier alpha value is -3.23. The van der Waals surface area contributed by atoms with Gasteiger partial charge in [0.2, 0.25) is 11.7 Å². The van der Waals surface area contributed by atoms with Gasteiger partial charge in [-0.15, -0.1) is 0 Å². The summed E-state index contributed by atoms with van der Waals surface area (Å²) in [6.07, 6.45) is 5.41. The van der Waals surface area contributed by atoms with Gasteiger partial charge in [-0.2, -0.15) is 4.98 Å². The van der Waals surface area contributed by atoms with Crippen LogP contribution >= 0.6 is 0 Å². The summed E-state index contributed by atoms with van der Waals surface area (Å²) in [5.74, 6) is 2.15. The number of nitrogens with one attached hydrogen (secondary N) is 1. The second kappa shape index (κ2) is 6.71. The van der Waals surface area contributed by atoms with Gasteiger partial charge in [0.05, 0.1) is 12.7 Å². The third kappa shape index (κ3) is 3.82. The molecule has 128 valence electrons. The van der Waals surface area contributed by atoms with E-state index in [-0.39, 0.29) is 24.9 Å². The molecule has 0 atom stereocenters. The second-order valence-electron chi connectivity index (χ2n) is 5.65. The van der Waals surface area contributed by atoms with Crippen molar-refractivity contribution in [3.63, 3.8) is 0 Å². The molecule has 25 heavy (non-hydrogen) atoms. The van der Waals surface area contributed by atoms with Crippen LogP contribution in [0, 0.1) is 0 Å². The highest BCUT2D eigenvalue weighted by Crippen LogP contribution is 2.40. The monoisotopic (exact) mass is 341 g/mol. The van der Waals surface area contributed by atoms with Crippen molar-refractivity contribution in [1.82, 2.24) is 25.6 Å². The lowest BCUT2D eigenvalue weighted by atomic mass is 10.3. The lowest BCUT2D eigenvalue weighted by molar-refractivity contribution is -0.123. The molecule has 3 aromatic heterocycles. The molecule has 0 radical (unpaired) electrons. The first-order valence-corrected chi connectivity index (χ1v) is 7.87. The summed E-state index contributed by atoms with van der Waals surface area (Å²) in [6, 6.07) is 5.27. The first kappa shape index (κ1) is 15.3. The van der Waals surface area contributed by atoms with Gasteiger partial charge in [0, 0.05) is 18.2 Å². The van der Waals surface area contributed by atoms with Crippen LogP contribution < -0.4 is 10.1 Å². The highest BCUT2D eigenvalue weighted by Gasteiger charge is 2.28. The van der Waals surface area contributed by atoms with E-state index < -0.39 is 0 Å². The number of nitrogens with zero attached hydrogens (tertiary/aromatic N) is 4. The Labute approximate surface area is 142 Å². The van der Waals surface area contributed by atoms with E-state index >= 15 is 0 Å². The largest absolute Gasteiger partial charge is 0.482 e. The van der Waals surface area contributed by atoms with Crippen LogP contribution in [0.15, 0.2) is 39.6 Å². The number of carbonyl (C=O) groups is 1. The average molecular weight is 341 g/mol. The van der Waals surface area contributed by atoms with Gasteiger partial charge < -0.3 is 19.1 Å². The maximum Gasteiger partial charge on any atom is 0.258 e. The Balaban J connectivity index is 1.28. The summed E-state index contributed by atoms with van der Waals surface area (Å²) < 4.78 is 15.7. The van der Waals surface area contributed by atoms with E-state index in [1.165, 1.54) is 6.20 Å². The minimum Gasteiger partial charge on any atom is -0.482 e. The molecule has 1 aliphatic carbocycles. The van der Waals surface area contributed by atoms with Crippen LogP contribution in [0.3, 0.4) is 0 Å². The maximum atomic E-state index is 11.8. The Bertz CT molecular complexity index is 856. The SMILES string of the molecule is O=C(COc1cccnc1)NCc1nc(-c2cc(C3CC3)on2)no1. The molecule has 4 rings (SSSR count). The molecule has 0 aliphatic heterocycles. The van der Waals surface area contributed by atoms with Gasteiger partial charge in [0.15, 0.2) is 12.3 Å². The van der Waals surface area contributed by atoms with Gasteiger partial charge in [0.1, 0.15) is 11.5 Å². The van der Waals surface area contributed by atoms with Gasteiger partial charge in [-0.1, -0.05) is 10.3 Å². The molecule has 1 saturated carbocycles. The molecule has 3 heterocycles. The average Bonchev–Trinajstić information content (AvgIpc) is 3.19. The van der Waals surface area contributed by atoms with Crippen LogP contribution in [0.1, 0.15) is 30.4 Å². The summed E-state index contributed by atoms with van der Waals surface area (Å²) in [7, 11) is 0. The van der Waals surface area contributed by atoms with Crippen LogP contribution in [-0.4, -0.2) is 32.8 Å². The smallest absolute Gasteiger partial charge is 0.258 e. The first-order chi connectivity index (χ1) is 12.3. The Morgan fingerprint density at radius 3 is 3.04 bits per heavy atom. The minimum absolute atomic E-state index is 0.107. The van der Waals surface area contributed by atoms with Crippen molar-refractivity contribution < 1.29 is 18.6 Å². The molecular weight excluding hydrogens is 326 g/mol. The van der Waals surface area contributed by atoms with Gasteiger partial charge >= 0.3 is 0 Å². The van der Waals surface area contributed by atoms with E-state index in [0.29, 0.717) is 23.2 Å². The zero-order chi connectivity index (χ0) is 17.1. The number of carbonyl (C=O) groups excluding carboxylic acids is 1. The fourth-order valence-electron chi connectivity index (χ4n) is 2.19. The predicted molar refractivity (Wildman–Crippen MR) is 83.3 cm³/mol. The van der Waals surface area contributed by atoms with E-state index in [2.05, 4.69) is 25.6 Å². The third-order valence-corrected chi connectivity index (χ3v) is 3.65. The first-order valence-electron chi connectivity index (χ1n) is 7.87. The molecule has 3 aromatic rings. The van der Waals surface area contributed by atoms with Gasteiger partial charge in [0.25, 0.3) is 5.91 Å². The second-order valence-corrected chi connectivity index (χ2v) is 5.65. The summed E-state index contributed by atoms with van der Waals surface area (Å²) in [5.41, 5.74) is 0.531. The summed E-state index contributed by atoms with van der Waals surface area (Å²) in [6.45, 7) is -0.0176. The number of amides is 1. The number of rotatable bonds is 7. The van der Waals surface area contributed by atoms with Crippen molar-refractivity contribution in [1.29, 1.82) is 0 Å². The molecule has 0 saturated heterocycles. The third-order valence-electron chi connectivity index (χ3n) is 3.65. The molecule has 0 bridgehead atoms. The normalized spacial score (nSPS) is 13.6. The standard InChI is InChI=1S/C16H15N5O4/c22-14(9-23-11-2-1-5-17-7-11)18-8-15-19-16(21-25-15)12-6-13(24-20-12)10-3-4-10/h1-2,5-7,10H,3-4,8-9H2,(H,18,22). The van der Waals surface area contributed by atoms with Crippen molar-refractivity contribution in [3.05, 3.63) is 42.2 Å². The van der Waals surface area contributed by atoms with Crippen molar-refractivity contribution in [2.45, 2.75) is 25.3 Å².